The van der Waals surface area contributed by atoms with Crippen LogP contribution in [0, 0.1) is 5.95 Å². The zero-order valence-electron chi connectivity index (χ0n) is 20.6. The zero-order valence-corrected chi connectivity index (χ0v) is 20.6. The van der Waals surface area contributed by atoms with Gasteiger partial charge < -0.3 is 14.0 Å². The zero-order chi connectivity index (χ0) is 25.2. The van der Waals surface area contributed by atoms with Gasteiger partial charge in [-0.2, -0.15) is 17.6 Å². The number of ether oxygens (including phenoxy) is 1. The van der Waals surface area contributed by atoms with Crippen molar-refractivity contribution in [1.29, 1.82) is 0 Å². The van der Waals surface area contributed by atoms with Crippen LogP contribution in [0.3, 0.4) is 0 Å². The molecule has 0 radical (unpaired) electrons. The number of hydrogen-bond donors (Lipinski definition) is 0. The number of aryl methyl sites for hydroxylation is 1. The van der Waals surface area contributed by atoms with Crippen LogP contribution in [0.25, 0.3) is 16.4 Å². The maximum atomic E-state index is 15.4. The van der Waals surface area contributed by atoms with Crippen molar-refractivity contribution in [3.8, 4) is 0 Å². The Balaban J connectivity index is 1.68. The molecular formula is C25H31BF4N2O3. The lowest BCUT2D eigenvalue weighted by atomic mass is 9.69. The molecule has 1 aromatic heterocycles. The van der Waals surface area contributed by atoms with E-state index in [-0.39, 0.29) is 18.2 Å². The highest BCUT2D eigenvalue weighted by Gasteiger charge is 2.54. The third-order valence-corrected chi connectivity index (χ3v) is 7.85. The Kier molecular flexibility index (Phi) is 6.08. The van der Waals surface area contributed by atoms with E-state index in [2.05, 4.69) is 5.10 Å². The van der Waals surface area contributed by atoms with E-state index in [0.717, 1.165) is 19.3 Å². The van der Waals surface area contributed by atoms with Crippen molar-refractivity contribution in [2.75, 3.05) is 6.61 Å². The normalized spacial score (nSPS) is 24.7. The maximum Gasteiger partial charge on any atom is 0.495 e. The fraction of sp³-hybridized carbons (Fsp3) is 0.640. The number of halogens is 4. The number of benzene rings is 1. The molecule has 0 bridgehead atoms. The van der Waals surface area contributed by atoms with Gasteiger partial charge >= 0.3 is 13.3 Å². The Morgan fingerprint density at radius 2 is 1.77 bits per heavy atom. The van der Waals surface area contributed by atoms with Crippen LogP contribution in [-0.4, -0.2) is 40.9 Å². The summed E-state index contributed by atoms with van der Waals surface area (Å²) in [6.07, 6.45) is -1.99. The fourth-order valence-corrected chi connectivity index (χ4v) is 5.39. The molecule has 0 spiro atoms. The summed E-state index contributed by atoms with van der Waals surface area (Å²) in [5.41, 5.74) is 0.965. The summed E-state index contributed by atoms with van der Waals surface area (Å²) in [6, 6.07) is 3.52. The van der Waals surface area contributed by atoms with Gasteiger partial charge in [-0.1, -0.05) is 11.6 Å². The highest BCUT2D eigenvalue weighted by molar-refractivity contribution is 6.69. The Hall–Kier alpha value is -1.91. The first kappa shape index (κ1) is 24.8. The van der Waals surface area contributed by atoms with Gasteiger partial charge in [0, 0.05) is 6.61 Å². The molecule has 1 atom stereocenters. The Labute approximate surface area is 202 Å². The van der Waals surface area contributed by atoms with Crippen molar-refractivity contribution in [2.24, 2.45) is 0 Å². The van der Waals surface area contributed by atoms with Crippen molar-refractivity contribution in [3.63, 3.8) is 0 Å². The van der Waals surface area contributed by atoms with Gasteiger partial charge in [0.05, 0.1) is 28.5 Å². The van der Waals surface area contributed by atoms with E-state index in [1.54, 1.807) is 16.8 Å². The van der Waals surface area contributed by atoms with E-state index < -0.39 is 36.9 Å². The monoisotopic (exact) mass is 494 g/mol. The Bertz CT molecular complexity index is 1150. The molecule has 5 rings (SSSR count). The van der Waals surface area contributed by atoms with E-state index in [1.165, 1.54) is 0 Å². The van der Waals surface area contributed by atoms with Gasteiger partial charge in [-0.15, -0.1) is 5.10 Å². The second-order valence-electron chi connectivity index (χ2n) is 10.8. The van der Waals surface area contributed by atoms with E-state index >= 15 is 4.39 Å². The molecule has 35 heavy (non-hydrogen) atoms. The molecule has 2 saturated heterocycles. The number of fused-ring (bicyclic) bond motifs is 3. The van der Waals surface area contributed by atoms with E-state index in [0.29, 0.717) is 47.0 Å². The average molecular weight is 494 g/mol. The molecule has 1 aromatic carbocycles. The molecule has 1 aliphatic carbocycles. The molecule has 0 amide bonds. The molecule has 0 saturated carbocycles. The molecule has 0 N–H and O–H groups in total. The van der Waals surface area contributed by atoms with Crippen LogP contribution in [-0.2, 0) is 20.5 Å². The first-order chi connectivity index (χ1) is 16.4. The van der Waals surface area contributed by atoms with Crippen LogP contribution in [0.15, 0.2) is 17.7 Å². The van der Waals surface area contributed by atoms with Crippen LogP contribution < -0.4 is 0 Å². The van der Waals surface area contributed by atoms with Crippen molar-refractivity contribution < 1.29 is 31.6 Å². The highest BCUT2D eigenvalue weighted by atomic mass is 19.4. The summed E-state index contributed by atoms with van der Waals surface area (Å²) in [5, 5.41) is 4.51. The topological polar surface area (TPSA) is 45.5 Å². The molecule has 5 nitrogen and oxygen atoms in total. The summed E-state index contributed by atoms with van der Waals surface area (Å²) in [4.78, 5) is 0. The maximum absolute atomic E-state index is 15.4. The first-order valence-electron chi connectivity index (χ1n) is 12.3. The molecule has 3 heterocycles. The predicted molar refractivity (Wildman–Crippen MR) is 125 cm³/mol. The van der Waals surface area contributed by atoms with Crippen molar-refractivity contribution in [2.45, 2.75) is 96.2 Å². The van der Waals surface area contributed by atoms with Gasteiger partial charge in [-0.05, 0) is 88.9 Å². The lowest BCUT2D eigenvalue weighted by molar-refractivity contribution is -0.127. The van der Waals surface area contributed by atoms with Gasteiger partial charge in [-0.25, -0.2) is 4.68 Å². The largest absolute Gasteiger partial charge is 0.495 e. The lowest BCUT2D eigenvalue weighted by Crippen LogP contribution is -2.41. The summed E-state index contributed by atoms with van der Waals surface area (Å²) in [7, 11) is -0.980. The minimum atomic E-state index is -4.38. The highest BCUT2D eigenvalue weighted by Crippen LogP contribution is 2.46. The smallest absolute Gasteiger partial charge is 0.399 e. The van der Waals surface area contributed by atoms with E-state index in [4.69, 9.17) is 14.0 Å². The predicted octanol–water partition coefficient (Wildman–Crippen LogP) is 6.55. The van der Waals surface area contributed by atoms with Crippen LogP contribution in [0.2, 0.25) is 0 Å². The minimum Gasteiger partial charge on any atom is -0.399 e. The molecule has 2 aromatic rings. The molecule has 2 fully saturated rings. The molecular weight excluding hydrogens is 463 g/mol. The summed E-state index contributed by atoms with van der Waals surface area (Å²) < 4.78 is 76.1. The van der Waals surface area contributed by atoms with Gasteiger partial charge in [0.15, 0.2) is 6.23 Å². The van der Waals surface area contributed by atoms with Crippen molar-refractivity contribution in [3.05, 3.63) is 34.8 Å². The standard InChI is InChI=1S/C25H31BF4N2O3/c1-23(2)24(3,4)35-26(34-23)21-15(14-25(28,29)30)8-7-9-16-17(21)11-12-18-20(16)22(27)31-32(18)19-10-5-6-13-33-19/h11-12,19H,5-10,13-14H2,1-4H3. The van der Waals surface area contributed by atoms with Gasteiger partial charge in [0.25, 0.3) is 0 Å². The Morgan fingerprint density at radius 1 is 1.06 bits per heavy atom. The van der Waals surface area contributed by atoms with Crippen molar-refractivity contribution >= 4 is 23.5 Å². The SMILES string of the molecule is CC1(C)OB(C2=C(CC(F)(F)F)CCCc3c2ccc2c3c(F)nn2C2CCCCO2)OC1(C)C. The molecule has 190 valence electrons. The Morgan fingerprint density at radius 3 is 2.40 bits per heavy atom. The summed E-state index contributed by atoms with van der Waals surface area (Å²) in [6.45, 7) is 8.06. The number of nitrogens with zero attached hydrogens (tertiary/aromatic N) is 2. The average Bonchev–Trinajstić information content (AvgIpc) is 3.12. The molecule has 10 heteroatoms. The fourth-order valence-electron chi connectivity index (χ4n) is 5.39. The second-order valence-corrected chi connectivity index (χ2v) is 10.8. The van der Waals surface area contributed by atoms with Crippen molar-refractivity contribution in [1.82, 2.24) is 9.78 Å². The van der Waals surface area contributed by atoms with Gasteiger partial charge in [0.2, 0.25) is 5.95 Å². The first-order valence-corrected chi connectivity index (χ1v) is 12.3. The molecule has 2 aliphatic heterocycles. The molecule has 1 unspecified atom stereocenters. The minimum absolute atomic E-state index is 0.233. The van der Waals surface area contributed by atoms with Crippen LogP contribution >= 0.6 is 0 Å². The van der Waals surface area contributed by atoms with Gasteiger partial charge in [-0.3, -0.25) is 0 Å². The van der Waals surface area contributed by atoms with Crippen LogP contribution in [0.5, 0.6) is 0 Å². The van der Waals surface area contributed by atoms with Gasteiger partial charge in [0.1, 0.15) is 0 Å². The summed E-state index contributed by atoms with van der Waals surface area (Å²) >= 11 is 0. The van der Waals surface area contributed by atoms with Crippen LogP contribution in [0.1, 0.15) is 83.6 Å². The second kappa shape index (κ2) is 8.59. The number of rotatable bonds is 3. The van der Waals surface area contributed by atoms with Crippen LogP contribution in [0.4, 0.5) is 17.6 Å². The number of alkyl halides is 3. The number of hydrogen-bond acceptors (Lipinski definition) is 4. The lowest BCUT2D eigenvalue weighted by Gasteiger charge is -2.32. The quantitative estimate of drug-likeness (QED) is 0.359. The third-order valence-electron chi connectivity index (χ3n) is 7.85. The van der Waals surface area contributed by atoms with E-state index in [9.17, 15) is 13.2 Å². The number of aromatic nitrogens is 2. The number of allylic oxidation sites excluding steroid dienone is 1. The summed E-state index contributed by atoms with van der Waals surface area (Å²) in [5.74, 6) is -0.626. The van der Waals surface area contributed by atoms with E-state index in [1.807, 2.05) is 27.7 Å². The molecule has 3 aliphatic rings. The third kappa shape index (κ3) is 4.42.